The van der Waals surface area contributed by atoms with E-state index in [1.54, 1.807) is 6.07 Å². The van der Waals surface area contributed by atoms with Crippen molar-refractivity contribution in [3.05, 3.63) is 35.1 Å². The average molecular weight is 294 g/mol. The van der Waals surface area contributed by atoms with Crippen LogP contribution in [0.1, 0.15) is 69.4 Å². The first kappa shape index (κ1) is 18.1. The summed E-state index contributed by atoms with van der Waals surface area (Å²) < 4.78 is 13.3. The Labute approximate surface area is 129 Å². The van der Waals surface area contributed by atoms with Crippen LogP contribution in [0.2, 0.25) is 0 Å². The molecule has 21 heavy (non-hydrogen) atoms. The van der Waals surface area contributed by atoms with Gasteiger partial charge in [-0.2, -0.15) is 0 Å². The molecule has 0 saturated heterocycles. The Balaban J connectivity index is 2.27. The number of nitrogens with one attached hydrogen (secondary N) is 1. The van der Waals surface area contributed by atoms with Gasteiger partial charge in [-0.15, -0.1) is 0 Å². The Kier molecular flexibility index (Phi) is 9.27. The molecule has 0 radical (unpaired) electrons. The summed E-state index contributed by atoms with van der Waals surface area (Å²) in [5.41, 5.74) is 5.08. The monoisotopic (exact) mass is 294 g/mol. The molecule has 0 aliphatic carbocycles. The topological polar surface area (TPSA) is 38.0 Å². The minimum absolute atomic E-state index is 0.165. The van der Waals surface area contributed by atoms with Gasteiger partial charge in [-0.3, -0.25) is 11.3 Å². The molecule has 0 aromatic heterocycles. The number of hydrazine groups is 1. The van der Waals surface area contributed by atoms with Crippen LogP contribution in [0.15, 0.2) is 18.2 Å². The van der Waals surface area contributed by atoms with Crippen LogP contribution in [0.25, 0.3) is 0 Å². The zero-order valence-electron chi connectivity index (χ0n) is 13.6. The average Bonchev–Trinajstić information content (AvgIpc) is 2.48. The fraction of sp³-hybridized carbons (Fsp3) is 0.667. The van der Waals surface area contributed by atoms with Crippen molar-refractivity contribution in [1.29, 1.82) is 0 Å². The Morgan fingerprint density at radius 2 is 1.76 bits per heavy atom. The maximum absolute atomic E-state index is 13.3. The number of aryl methyl sites for hydroxylation is 1. The van der Waals surface area contributed by atoms with Gasteiger partial charge in [-0.1, -0.05) is 57.9 Å². The van der Waals surface area contributed by atoms with Crippen molar-refractivity contribution in [3.63, 3.8) is 0 Å². The van der Waals surface area contributed by atoms with Gasteiger partial charge >= 0.3 is 0 Å². The van der Waals surface area contributed by atoms with E-state index < -0.39 is 0 Å². The first-order valence-electron chi connectivity index (χ1n) is 8.38. The zero-order valence-corrected chi connectivity index (χ0v) is 13.6. The van der Waals surface area contributed by atoms with Crippen molar-refractivity contribution in [1.82, 2.24) is 5.43 Å². The summed E-state index contributed by atoms with van der Waals surface area (Å²) in [6, 6.07) is 5.22. The predicted octanol–water partition coefficient (Wildman–Crippen LogP) is 4.65. The third kappa shape index (κ3) is 7.58. The van der Waals surface area contributed by atoms with E-state index in [0.717, 1.165) is 24.0 Å². The maximum Gasteiger partial charge on any atom is 0.123 e. The highest BCUT2D eigenvalue weighted by Gasteiger charge is 2.10. The van der Waals surface area contributed by atoms with Crippen molar-refractivity contribution in [3.8, 4) is 0 Å². The molecule has 2 nitrogen and oxygen atoms in total. The van der Waals surface area contributed by atoms with Crippen LogP contribution >= 0.6 is 0 Å². The Morgan fingerprint density at radius 1 is 1.10 bits per heavy atom. The molecule has 1 atom stereocenters. The lowest BCUT2D eigenvalue weighted by atomic mass is 9.97. The number of nitrogens with two attached hydrogens (primary N) is 1. The van der Waals surface area contributed by atoms with Crippen LogP contribution in [-0.2, 0) is 6.42 Å². The Morgan fingerprint density at radius 3 is 2.43 bits per heavy atom. The normalized spacial score (nSPS) is 12.6. The molecule has 120 valence electrons. The lowest BCUT2D eigenvalue weighted by molar-refractivity contribution is 0.457. The molecule has 0 spiro atoms. The molecule has 0 aliphatic heterocycles. The summed E-state index contributed by atoms with van der Waals surface area (Å²) in [7, 11) is 0. The van der Waals surface area contributed by atoms with Crippen LogP contribution in [0.4, 0.5) is 4.39 Å². The van der Waals surface area contributed by atoms with E-state index in [-0.39, 0.29) is 11.9 Å². The maximum atomic E-state index is 13.3. The third-order valence-corrected chi connectivity index (χ3v) is 4.17. The van der Waals surface area contributed by atoms with Gasteiger partial charge in [-0.25, -0.2) is 4.39 Å². The second-order valence-corrected chi connectivity index (χ2v) is 6.05. The predicted molar refractivity (Wildman–Crippen MR) is 88.6 cm³/mol. The molecule has 1 unspecified atom stereocenters. The van der Waals surface area contributed by atoms with Gasteiger partial charge in [0, 0.05) is 6.04 Å². The summed E-state index contributed by atoms with van der Waals surface area (Å²) >= 11 is 0. The molecule has 1 aromatic carbocycles. The zero-order chi connectivity index (χ0) is 15.5. The minimum Gasteiger partial charge on any atom is -0.271 e. The first-order valence-corrected chi connectivity index (χ1v) is 8.38. The molecule has 1 rings (SSSR count). The van der Waals surface area contributed by atoms with E-state index in [0.29, 0.717) is 0 Å². The highest BCUT2D eigenvalue weighted by molar-refractivity contribution is 5.27. The Hall–Kier alpha value is -0.930. The molecule has 0 bridgehead atoms. The van der Waals surface area contributed by atoms with Crippen molar-refractivity contribution in [2.24, 2.45) is 5.84 Å². The van der Waals surface area contributed by atoms with Crippen LogP contribution in [0, 0.1) is 12.7 Å². The molecule has 0 saturated carbocycles. The number of benzene rings is 1. The van der Waals surface area contributed by atoms with E-state index in [2.05, 4.69) is 12.3 Å². The van der Waals surface area contributed by atoms with Gasteiger partial charge in [0.2, 0.25) is 0 Å². The molecule has 0 amide bonds. The van der Waals surface area contributed by atoms with Crippen molar-refractivity contribution >= 4 is 0 Å². The second-order valence-electron chi connectivity index (χ2n) is 6.05. The highest BCUT2D eigenvalue weighted by Crippen LogP contribution is 2.16. The molecule has 0 fully saturated rings. The standard InChI is InChI=1S/C18H31FN2/c1-3-4-5-6-7-8-9-10-18(21-20)14-16-13-17(19)12-11-15(16)2/h11-13,18,21H,3-10,14,20H2,1-2H3. The smallest absolute Gasteiger partial charge is 0.123 e. The number of unbranched alkanes of at least 4 members (excludes halogenated alkanes) is 6. The molecular formula is C18H31FN2. The van der Waals surface area contributed by atoms with E-state index in [4.69, 9.17) is 5.84 Å². The van der Waals surface area contributed by atoms with Gasteiger partial charge < -0.3 is 0 Å². The summed E-state index contributed by atoms with van der Waals surface area (Å²) in [5.74, 6) is 5.48. The molecule has 0 heterocycles. The molecule has 3 N–H and O–H groups in total. The number of halogens is 1. The quantitative estimate of drug-likeness (QED) is 0.354. The largest absolute Gasteiger partial charge is 0.271 e. The number of rotatable bonds is 11. The van der Waals surface area contributed by atoms with Crippen molar-refractivity contribution < 1.29 is 4.39 Å². The summed E-state index contributed by atoms with van der Waals surface area (Å²) in [4.78, 5) is 0. The van der Waals surface area contributed by atoms with E-state index in [9.17, 15) is 4.39 Å². The van der Waals surface area contributed by atoms with Gasteiger partial charge in [0.05, 0.1) is 0 Å². The summed E-state index contributed by atoms with van der Waals surface area (Å²) in [6.45, 7) is 4.27. The van der Waals surface area contributed by atoms with E-state index in [1.165, 1.54) is 51.0 Å². The highest BCUT2D eigenvalue weighted by atomic mass is 19.1. The minimum atomic E-state index is -0.165. The Bertz CT molecular complexity index is 393. The fourth-order valence-corrected chi connectivity index (χ4v) is 2.72. The molecule has 1 aromatic rings. The van der Waals surface area contributed by atoms with Gasteiger partial charge in [-0.05, 0) is 43.0 Å². The molecule has 3 heteroatoms. The lowest BCUT2D eigenvalue weighted by Gasteiger charge is -2.17. The van der Waals surface area contributed by atoms with E-state index >= 15 is 0 Å². The number of hydrogen-bond acceptors (Lipinski definition) is 2. The molecular weight excluding hydrogens is 263 g/mol. The van der Waals surface area contributed by atoms with E-state index in [1.807, 2.05) is 13.0 Å². The lowest BCUT2D eigenvalue weighted by Crippen LogP contribution is -2.36. The summed E-state index contributed by atoms with van der Waals surface area (Å²) in [5, 5.41) is 0. The van der Waals surface area contributed by atoms with Crippen LogP contribution in [0.3, 0.4) is 0 Å². The fourth-order valence-electron chi connectivity index (χ4n) is 2.72. The third-order valence-electron chi connectivity index (χ3n) is 4.17. The second kappa shape index (κ2) is 10.7. The van der Waals surface area contributed by atoms with Gasteiger partial charge in [0.25, 0.3) is 0 Å². The van der Waals surface area contributed by atoms with Crippen LogP contribution < -0.4 is 11.3 Å². The van der Waals surface area contributed by atoms with Crippen LogP contribution in [0.5, 0.6) is 0 Å². The SMILES string of the molecule is CCCCCCCCCC(Cc1cc(F)ccc1C)NN. The van der Waals surface area contributed by atoms with Gasteiger partial charge in [0.1, 0.15) is 5.82 Å². The first-order chi connectivity index (χ1) is 10.2. The summed E-state index contributed by atoms with van der Waals surface area (Å²) in [6.07, 6.45) is 11.0. The van der Waals surface area contributed by atoms with Gasteiger partial charge in [0.15, 0.2) is 0 Å². The number of hydrogen-bond donors (Lipinski definition) is 2. The van der Waals surface area contributed by atoms with Crippen molar-refractivity contribution in [2.75, 3.05) is 0 Å². The van der Waals surface area contributed by atoms with Crippen molar-refractivity contribution in [2.45, 2.75) is 77.7 Å². The molecule has 0 aliphatic rings. The van der Waals surface area contributed by atoms with Crippen LogP contribution in [-0.4, -0.2) is 6.04 Å².